The van der Waals surface area contributed by atoms with Crippen LogP contribution in [0.15, 0.2) is 24.3 Å². The summed E-state index contributed by atoms with van der Waals surface area (Å²) < 4.78 is 18.6. The molecule has 0 spiro atoms. The van der Waals surface area contributed by atoms with Crippen LogP contribution in [0.3, 0.4) is 0 Å². The van der Waals surface area contributed by atoms with E-state index in [0.717, 1.165) is 0 Å². The van der Waals surface area contributed by atoms with Crippen molar-refractivity contribution >= 4 is 17.8 Å². The second-order valence-electron chi connectivity index (χ2n) is 5.94. The van der Waals surface area contributed by atoms with Crippen LogP contribution >= 0.6 is 0 Å². The lowest BCUT2D eigenvalue weighted by molar-refractivity contribution is -0.146. The van der Waals surface area contributed by atoms with Crippen LogP contribution in [0.2, 0.25) is 0 Å². The van der Waals surface area contributed by atoms with Crippen molar-refractivity contribution in [2.75, 3.05) is 7.11 Å². The summed E-state index contributed by atoms with van der Waals surface area (Å²) in [5, 5.41) is 5.12. The summed E-state index contributed by atoms with van der Waals surface area (Å²) in [5.41, 5.74) is 0.301. The first kappa shape index (κ1) is 20.6. The van der Waals surface area contributed by atoms with Crippen molar-refractivity contribution in [3.63, 3.8) is 0 Å². The van der Waals surface area contributed by atoms with Gasteiger partial charge in [-0.05, 0) is 17.5 Å². The molecule has 0 saturated carbocycles. The van der Waals surface area contributed by atoms with E-state index in [1.807, 2.05) is 13.8 Å². The van der Waals surface area contributed by atoms with Crippen LogP contribution in [-0.4, -0.2) is 37.0 Å². The van der Waals surface area contributed by atoms with E-state index in [4.69, 9.17) is 4.74 Å². The number of halogens is 1. The Balaban J connectivity index is 2.97. The van der Waals surface area contributed by atoms with Crippen molar-refractivity contribution in [2.24, 2.45) is 5.92 Å². The fourth-order valence-electron chi connectivity index (χ4n) is 2.39. The molecule has 0 aliphatic heterocycles. The van der Waals surface area contributed by atoms with Gasteiger partial charge < -0.3 is 15.4 Å². The maximum absolute atomic E-state index is 13.9. The Kier molecular flexibility index (Phi) is 8.04. The second kappa shape index (κ2) is 9.76. The molecule has 25 heavy (non-hydrogen) atoms. The molecule has 0 unspecified atom stereocenters. The van der Waals surface area contributed by atoms with E-state index in [1.165, 1.54) is 20.1 Å². The van der Waals surface area contributed by atoms with Crippen molar-refractivity contribution < 1.29 is 23.5 Å². The standard InChI is InChI=1S/C18H25FN2O4/c1-5-11(2)16(18(24)25-4)21-17(23)15(20-12(3)22)10-13-8-6-7-9-14(13)19/h6-9,11,15-16H,5,10H2,1-4H3,(H,20,22)(H,21,23)/t11-,15+,16-/m0/s1. The Bertz CT molecular complexity index is 621. The maximum atomic E-state index is 13.9. The zero-order chi connectivity index (χ0) is 19.0. The maximum Gasteiger partial charge on any atom is 0.328 e. The zero-order valence-electron chi connectivity index (χ0n) is 15.0. The molecule has 0 aromatic heterocycles. The minimum Gasteiger partial charge on any atom is -0.467 e. The molecule has 0 saturated heterocycles. The summed E-state index contributed by atoms with van der Waals surface area (Å²) in [6.07, 6.45) is 0.630. The van der Waals surface area contributed by atoms with E-state index in [0.29, 0.717) is 12.0 Å². The minimum absolute atomic E-state index is 0.0213. The van der Waals surface area contributed by atoms with Gasteiger partial charge in [0.2, 0.25) is 11.8 Å². The van der Waals surface area contributed by atoms with Crippen LogP contribution in [-0.2, 0) is 25.5 Å². The van der Waals surface area contributed by atoms with Gasteiger partial charge in [-0.2, -0.15) is 0 Å². The lowest BCUT2D eigenvalue weighted by Gasteiger charge is -2.25. The first-order chi connectivity index (χ1) is 11.8. The average Bonchev–Trinajstić information content (AvgIpc) is 2.58. The van der Waals surface area contributed by atoms with Crippen LogP contribution in [0.5, 0.6) is 0 Å². The largest absolute Gasteiger partial charge is 0.467 e. The van der Waals surface area contributed by atoms with Crippen LogP contribution in [0.25, 0.3) is 0 Å². The highest BCUT2D eigenvalue weighted by Crippen LogP contribution is 2.12. The van der Waals surface area contributed by atoms with Gasteiger partial charge in [0.25, 0.3) is 0 Å². The summed E-state index contributed by atoms with van der Waals surface area (Å²) >= 11 is 0. The van der Waals surface area contributed by atoms with Crippen molar-refractivity contribution in [2.45, 2.75) is 45.7 Å². The number of nitrogens with one attached hydrogen (secondary N) is 2. The predicted molar refractivity (Wildman–Crippen MR) is 91.1 cm³/mol. The topological polar surface area (TPSA) is 84.5 Å². The Hall–Kier alpha value is -2.44. The Morgan fingerprint density at radius 3 is 2.36 bits per heavy atom. The first-order valence-electron chi connectivity index (χ1n) is 8.18. The summed E-state index contributed by atoms with van der Waals surface area (Å²) in [6.45, 7) is 4.97. The average molecular weight is 352 g/mol. The third-order valence-corrected chi connectivity index (χ3v) is 4.04. The van der Waals surface area contributed by atoms with Gasteiger partial charge in [-0.3, -0.25) is 9.59 Å². The fraction of sp³-hybridized carbons (Fsp3) is 0.500. The lowest BCUT2D eigenvalue weighted by Crippen LogP contribution is -2.54. The number of benzene rings is 1. The predicted octanol–water partition coefficient (Wildman–Crippen LogP) is 1.58. The van der Waals surface area contributed by atoms with E-state index in [9.17, 15) is 18.8 Å². The van der Waals surface area contributed by atoms with Crippen LogP contribution in [0, 0.1) is 11.7 Å². The number of amides is 2. The summed E-state index contributed by atoms with van der Waals surface area (Å²) in [6, 6.07) is 4.20. The molecule has 7 heteroatoms. The van der Waals surface area contributed by atoms with Crippen molar-refractivity contribution in [3.05, 3.63) is 35.6 Å². The van der Waals surface area contributed by atoms with Gasteiger partial charge in [-0.25, -0.2) is 9.18 Å². The Labute approximate surface area is 147 Å². The molecule has 138 valence electrons. The first-order valence-corrected chi connectivity index (χ1v) is 8.18. The molecule has 3 atom stereocenters. The van der Waals surface area contributed by atoms with E-state index >= 15 is 0 Å². The van der Waals surface area contributed by atoms with Crippen LogP contribution < -0.4 is 10.6 Å². The summed E-state index contributed by atoms with van der Waals surface area (Å²) in [4.78, 5) is 35.9. The molecular weight excluding hydrogens is 327 g/mol. The third kappa shape index (κ3) is 6.17. The van der Waals surface area contributed by atoms with Crippen molar-refractivity contribution in [1.29, 1.82) is 0 Å². The zero-order valence-corrected chi connectivity index (χ0v) is 15.0. The molecule has 1 rings (SSSR count). The van der Waals surface area contributed by atoms with Gasteiger partial charge in [0.05, 0.1) is 7.11 Å². The molecular formula is C18H25FN2O4. The summed E-state index contributed by atoms with van der Waals surface area (Å²) in [7, 11) is 1.24. The van der Waals surface area contributed by atoms with E-state index < -0.39 is 35.7 Å². The van der Waals surface area contributed by atoms with Gasteiger partial charge in [0.15, 0.2) is 0 Å². The van der Waals surface area contributed by atoms with E-state index in [1.54, 1.807) is 18.2 Å². The molecule has 0 aliphatic rings. The molecule has 1 aromatic rings. The number of carbonyl (C=O) groups is 3. The lowest BCUT2D eigenvalue weighted by atomic mass is 9.98. The van der Waals surface area contributed by atoms with Crippen LogP contribution in [0.1, 0.15) is 32.8 Å². The van der Waals surface area contributed by atoms with Gasteiger partial charge in [-0.1, -0.05) is 38.5 Å². The Morgan fingerprint density at radius 2 is 1.84 bits per heavy atom. The van der Waals surface area contributed by atoms with Gasteiger partial charge in [0, 0.05) is 13.3 Å². The molecule has 1 aromatic carbocycles. The third-order valence-electron chi connectivity index (χ3n) is 4.04. The number of hydrogen-bond donors (Lipinski definition) is 2. The van der Waals surface area contributed by atoms with Crippen LogP contribution in [0.4, 0.5) is 4.39 Å². The highest BCUT2D eigenvalue weighted by Gasteiger charge is 2.30. The summed E-state index contributed by atoms with van der Waals surface area (Å²) in [5.74, 6) is -2.15. The molecule has 2 amide bonds. The highest BCUT2D eigenvalue weighted by atomic mass is 19.1. The molecule has 0 fully saturated rings. The number of hydrogen-bond acceptors (Lipinski definition) is 4. The monoisotopic (exact) mass is 352 g/mol. The normalized spacial score (nSPS) is 14.1. The quantitative estimate of drug-likeness (QED) is 0.696. The van der Waals surface area contributed by atoms with E-state index in [-0.39, 0.29) is 12.3 Å². The molecule has 0 aliphatic carbocycles. The molecule has 2 N–H and O–H groups in total. The van der Waals surface area contributed by atoms with Gasteiger partial charge in [0.1, 0.15) is 17.9 Å². The SMILES string of the molecule is CC[C@H](C)[C@H](NC(=O)[C@@H](Cc1ccccc1F)NC(C)=O)C(=O)OC. The molecule has 0 bridgehead atoms. The number of rotatable bonds is 8. The molecule has 0 heterocycles. The van der Waals surface area contributed by atoms with E-state index in [2.05, 4.69) is 10.6 Å². The molecule has 0 radical (unpaired) electrons. The Morgan fingerprint density at radius 1 is 1.20 bits per heavy atom. The van der Waals surface area contributed by atoms with Crippen molar-refractivity contribution in [1.82, 2.24) is 10.6 Å². The van der Waals surface area contributed by atoms with Crippen molar-refractivity contribution in [3.8, 4) is 0 Å². The van der Waals surface area contributed by atoms with Gasteiger partial charge >= 0.3 is 5.97 Å². The number of ether oxygens (including phenoxy) is 1. The molecule has 6 nitrogen and oxygen atoms in total. The highest BCUT2D eigenvalue weighted by molar-refractivity contribution is 5.90. The minimum atomic E-state index is -0.995. The smallest absolute Gasteiger partial charge is 0.328 e. The fourth-order valence-corrected chi connectivity index (χ4v) is 2.39. The van der Waals surface area contributed by atoms with Gasteiger partial charge in [-0.15, -0.1) is 0 Å². The number of methoxy groups -OCH3 is 1. The number of esters is 1. The second-order valence-corrected chi connectivity index (χ2v) is 5.94. The number of carbonyl (C=O) groups excluding carboxylic acids is 3.